The van der Waals surface area contributed by atoms with Crippen LogP contribution < -0.4 is 10.1 Å². The van der Waals surface area contributed by atoms with E-state index in [0.29, 0.717) is 18.6 Å². The molecule has 3 aromatic heterocycles. The molecule has 4 aromatic rings. The lowest BCUT2D eigenvalue weighted by atomic mass is 10.2. The Balaban J connectivity index is 1.18. The number of hydrogen-bond donors (Lipinski definition) is 3. The highest BCUT2D eigenvalue weighted by Gasteiger charge is 2.22. The summed E-state index contributed by atoms with van der Waals surface area (Å²) in [6.45, 7) is 2.87. The van der Waals surface area contributed by atoms with Crippen molar-refractivity contribution in [2.45, 2.75) is 25.3 Å². The number of imidazole rings is 1. The monoisotopic (exact) mass is 471 g/mol. The first-order chi connectivity index (χ1) is 17.3. The van der Waals surface area contributed by atoms with E-state index in [1.165, 1.54) is 0 Å². The van der Waals surface area contributed by atoms with Gasteiger partial charge in [-0.25, -0.2) is 15.0 Å². The zero-order valence-corrected chi connectivity index (χ0v) is 19.5. The van der Waals surface area contributed by atoms with Gasteiger partial charge >= 0.3 is 0 Å². The van der Waals surface area contributed by atoms with Gasteiger partial charge in [0.25, 0.3) is 0 Å². The molecule has 9 heteroatoms. The summed E-state index contributed by atoms with van der Waals surface area (Å²) < 4.78 is 5.96. The van der Waals surface area contributed by atoms with Crippen molar-refractivity contribution in [3.63, 3.8) is 0 Å². The molecule has 0 bridgehead atoms. The quantitative estimate of drug-likeness (QED) is 0.299. The molecule has 1 aromatic carbocycles. The van der Waals surface area contributed by atoms with Gasteiger partial charge in [-0.15, -0.1) is 0 Å². The van der Waals surface area contributed by atoms with Gasteiger partial charge < -0.3 is 20.1 Å². The molecular weight excluding hydrogens is 442 g/mol. The van der Waals surface area contributed by atoms with Crippen LogP contribution in [0.15, 0.2) is 67.3 Å². The fourth-order valence-corrected chi connectivity index (χ4v) is 4.32. The van der Waals surface area contributed by atoms with Gasteiger partial charge in [0.2, 0.25) is 5.95 Å². The van der Waals surface area contributed by atoms with Gasteiger partial charge in [0, 0.05) is 48.5 Å². The third-order valence-corrected chi connectivity index (χ3v) is 6.10. The average Bonchev–Trinajstić information content (AvgIpc) is 3.58. The third-order valence-electron chi connectivity index (χ3n) is 6.10. The molecule has 0 unspecified atom stereocenters. The van der Waals surface area contributed by atoms with E-state index in [1.807, 2.05) is 42.5 Å². The number of aromatic amines is 1. The molecule has 35 heavy (non-hydrogen) atoms. The summed E-state index contributed by atoms with van der Waals surface area (Å²) in [6, 6.07) is 13.8. The molecule has 0 amide bonds. The molecule has 0 aliphatic carbocycles. The predicted molar refractivity (Wildman–Crippen MR) is 134 cm³/mol. The van der Waals surface area contributed by atoms with E-state index < -0.39 is 0 Å². The largest absolute Gasteiger partial charge is 0.493 e. The number of likely N-dealkylation sites (tertiary alicyclic amines) is 1. The van der Waals surface area contributed by atoms with Crippen LogP contribution in [0, 0.1) is 0 Å². The van der Waals surface area contributed by atoms with Gasteiger partial charge in [-0.05, 0) is 56.1 Å². The lowest BCUT2D eigenvalue weighted by Gasteiger charge is -2.22. The van der Waals surface area contributed by atoms with Gasteiger partial charge in [0.15, 0.2) is 0 Å². The number of pyridine rings is 1. The predicted octanol–water partition coefficient (Wildman–Crippen LogP) is 3.90. The maximum atomic E-state index is 9.46. The first kappa shape index (κ1) is 22.9. The molecule has 4 heterocycles. The summed E-state index contributed by atoms with van der Waals surface area (Å²) in [7, 11) is 0. The molecule has 1 aliphatic rings. The average molecular weight is 472 g/mol. The number of nitrogens with one attached hydrogen (secondary N) is 2. The summed E-state index contributed by atoms with van der Waals surface area (Å²) in [4.78, 5) is 23.2. The molecule has 3 N–H and O–H groups in total. The highest BCUT2D eigenvalue weighted by molar-refractivity contribution is 5.63. The third kappa shape index (κ3) is 5.82. The molecular formula is C26H29N7O2. The number of aliphatic hydroxyl groups excluding tert-OH is 1. The summed E-state index contributed by atoms with van der Waals surface area (Å²) in [5, 5.41) is 12.7. The molecule has 9 nitrogen and oxygen atoms in total. The maximum Gasteiger partial charge on any atom is 0.227 e. The first-order valence-corrected chi connectivity index (χ1v) is 11.9. The van der Waals surface area contributed by atoms with Crippen LogP contribution >= 0.6 is 0 Å². The van der Waals surface area contributed by atoms with E-state index in [9.17, 15) is 5.11 Å². The summed E-state index contributed by atoms with van der Waals surface area (Å²) in [5.74, 6) is 2.02. The molecule has 5 rings (SSSR count). The number of aromatic nitrogens is 5. The van der Waals surface area contributed by atoms with Gasteiger partial charge in [-0.3, -0.25) is 9.88 Å². The highest BCUT2D eigenvalue weighted by Crippen LogP contribution is 2.23. The van der Waals surface area contributed by atoms with Gasteiger partial charge in [0.1, 0.15) is 11.6 Å². The number of hydrogen-bond acceptors (Lipinski definition) is 8. The van der Waals surface area contributed by atoms with Crippen LogP contribution in [0.3, 0.4) is 0 Å². The number of benzene rings is 1. The number of ether oxygens (including phenoxy) is 1. The van der Waals surface area contributed by atoms with Gasteiger partial charge in [-0.1, -0.05) is 6.07 Å². The maximum absolute atomic E-state index is 9.46. The number of anilines is 2. The Bertz CT molecular complexity index is 1230. The second-order valence-electron chi connectivity index (χ2n) is 8.52. The van der Waals surface area contributed by atoms with E-state index in [0.717, 1.165) is 66.6 Å². The van der Waals surface area contributed by atoms with Crippen molar-refractivity contribution in [2.75, 3.05) is 31.6 Å². The zero-order chi connectivity index (χ0) is 23.9. The van der Waals surface area contributed by atoms with E-state index in [1.54, 1.807) is 24.8 Å². The van der Waals surface area contributed by atoms with Crippen molar-refractivity contribution in [2.24, 2.45) is 0 Å². The molecule has 1 aliphatic heterocycles. The van der Waals surface area contributed by atoms with E-state index in [-0.39, 0.29) is 6.61 Å². The van der Waals surface area contributed by atoms with Gasteiger partial charge in [-0.2, -0.15) is 0 Å². The normalized spacial score (nSPS) is 15.9. The lowest BCUT2D eigenvalue weighted by molar-refractivity contribution is 0.150. The molecule has 0 saturated carbocycles. The van der Waals surface area contributed by atoms with Crippen molar-refractivity contribution in [3.8, 4) is 28.5 Å². The van der Waals surface area contributed by atoms with Crippen molar-refractivity contribution < 1.29 is 9.84 Å². The molecule has 0 spiro atoms. The first-order valence-electron chi connectivity index (χ1n) is 11.9. The Hall–Kier alpha value is -3.82. The topological polar surface area (TPSA) is 112 Å². The zero-order valence-electron chi connectivity index (χ0n) is 19.5. The smallest absolute Gasteiger partial charge is 0.227 e. The highest BCUT2D eigenvalue weighted by atomic mass is 16.5. The second-order valence-corrected chi connectivity index (χ2v) is 8.52. The number of H-pyrrole nitrogens is 1. The second kappa shape index (κ2) is 11.1. The van der Waals surface area contributed by atoms with Crippen molar-refractivity contribution in [3.05, 3.63) is 67.3 Å². The Labute approximate surface area is 204 Å². The number of rotatable bonds is 10. The summed E-state index contributed by atoms with van der Waals surface area (Å²) in [5.41, 5.74) is 3.30. The minimum Gasteiger partial charge on any atom is -0.493 e. The Morgan fingerprint density at radius 3 is 2.97 bits per heavy atom. The molecule has 0 radical (unpaired) electrons. The van der Waals surface area contributed by atoms with Crippen LogP contribution in [0.2, 0.25) is 0 Å². The van der Waals surface area contributed by atoms with Crippen molar-refractivity contribution in [1.29, 1.82) is 0 Å². The van der Waals surface area contributed by atoms with Crippen LogP contribution in [0.1, 0.15) is 19.3 Å². The molecule has 1 fully saturated rings. The van der Waals surface area contributed by atoms with Crippen LogP contribution in [0.25, 0.3) is 22.8 Å². The van der Waals surface area contributed by atoms with Crippen molar-refractivity contribution in [1.82, 2.24) is 29.8 Å². The van der Waals surface area contributed by atoms with Crippen LogP contribution in [-0.4, -0.2) is 67.3 Å². The Morgan fingerprint density at radius 1 is 1.11 bits per heavy atom. The van der Waals surface area contributed by atoms with Crippen LogP contribution in [0.4, 0.5) is 11.6 Å². The number of aliphatic hydroxyl groups is 1. The summed E-state index contributed by atoms with van der Waals surface area (Å²) in [6.07, 6.45) is 10.1. The molecule has 1 saturated heterocycles. The van der Waals surface area contributed by atoms with E-state index in [4.69, 9.17) is 4.74 Å². The SMILES string of the molecule is OC[C@@H]1CCCN1CCCOc1cccc(Nc2nccc(-c3cnc(-c4cccnc4)[nH]3)n2)c1. The minimum atomic E-state index is 0.240. The van der Waals surface area contributed by atoms with Crippen LogP contribution in [0.5, 0.6) is 5.75 Å². The lowest BCUT2D eigenvalue weighted by Crippen LogP contribution is -2.33. The standard InChI is InChI=1S/C26H29N7O2/c34-18-21-7-3-12-33(21)13-4-14-35-22-8-1-6-20(15-22)30-26-28-11-9-23(32-26)24-17-29-25(31-24)19-5-2-10-27-16-19/h1-2,5-6,8-11,15-17,21,34H,3-4,7,12-14,18H2,(H,29,31)(H,28,30,32)/t21-/m0/s1. The molecule has 180 valence electrons. The van der Waals surface area contributed by atoms with Gasteiger partial charge in [0.05, 0.1) is 30.8 Å². The fraction of sp³-hybridized carbons (Fsp3) is 0.308. The summed E-state index contributed by atoms with van der Waals surface area (Å²) >= 11 is 0. The fourth-order valence-electron chi connectivity index (χ4n) is 4.32. The number of nitrogens with zero attached hydrogens (tertiary/aromatic N) is 5. The molecule has 1 atom stereocenters. The van der Waals surface area contributed by atoms with Crippen molar-refractivity contribution >= 4 is 11.6 Å². The Morgan fingerprint density at radius 2 is 2.09 bits per heavy atom. The van der Waals surface area contributed by atoms with Crippen LogP contribution in [-0.2, 0) is 0 Å². The minimum absolute atomic E-state index is 0.240. The van der Waals surface area contributed by atoms with E-state index in [2.05, 4.69) is 35.1 Å². The van der Waals surface area contributed by atoms with E-state index >= 15 is 0 Å². The Kier molecular flexibility index (Phi) is 7.26.